The molecule has 27 heavy (non-hydrogen) atoms. The molecule has 1 fully saturated rings. The van der Waals surface area contributed by atoms with Gasteiger partial charge < -0.3 is 9.42 Å². The van der Waals surface area contributed by atoms with E-state index in [9.17, 15) is 0 Å². The monoisotopic (exact) mass is 378 g/mol. The summed E-state index contributed by atoms with van der Waals surface area (Å²) in [6, 6.07) is 6.06. The Labute approximate surface area is 160 Å². The van der Waals surface area contributed by atoms with Crippen molar-refractivity contribution in [2.45, 2.75) is 19.3 Å². The first-order valence-corrected chi connectivity index (χ1v) is 9.94. The zero-order valence-electron chi connectivity index (χ0n) is 14.6. The number of anilines is 1. The second kappa shape index (κ2) is 6.96. The zero-order valence-corrected chi connectivity index (χ0v) is 15.4. The van der Waals surface area contributed by atoms with E-state index in [0.29, 0.717) is 11.7 Å². The van der Waals surface area contributed by atoms with Crippen LogP contribution >= 0.6 is 11.3 Å². The van der Waals surface area contributed by atoms with Crippen LogP contribution in [0.2, 0.25) is 0 Å². The van der Waals surface area contributed by atoms with E-state index in [-0.39, 0.29) is 0 Å². The summed E-state index contributed by atoms with van der Waals surface area (Å²) in [5.41, 5.74) is 3.57. The van der Waals surface area contributed by atoms with Gasteiger partial charge in [0.2, 0.25) is 5.82 Å². The number of hydrogen-bond donors (Lipinski definition) is 1. The molecule has 4 aromatic heterocycles. The van der Waals surface area contributed by atoms with Crippen LogP contribution in [0.3, 0.4) is 0 Å². The van der Waals surface area contributed by atoms with E-state index in [1.807, 2.05) is 29.8 Å². The molecule has 7 nitrogen and oxygen atoms in total. The van der Waals surface area contributed by atoms with E-state index >= 15 is 0 Å². The van der Waals surface area contributed by atoms with Gasteiger partial charge in [-0.15, -0.1) is 0 Å². The number of thiophene rings is 1. The van der Waals surface area contributed by atoms with E-state index in [0.717, 1.165) is 41.3 Å². The number of rotatable bonds is 4. The molecule has 0 atom stereocenters. The van der Waals surface area contributed by atoms with Crippen LogP contribution in [-0.4, -0.2) is 38.4 Å². The third-order valence-corrected chi connectivity index (χ3v) is 5.47. The fourth-order valence-electron chi connectivity index (χ4n) is 3.35. The molecule has 136 valence electrons. The van der Waals surface area contributed by atoms with Gasteiger partial charge >= 0.3 is 0 Å². The minimum absolute atomic E-state index is 0.444. The molecule has 8 heteroatoms. The van der Waals surface area contributed by atoms with Gasteiger partial charge in [0.25, 0.3) is 5.89 Å². The summed E-state index contributed by atoms with van der Waals surface area (Å²) in [5.74, 6) is 1.98. The van der Waals surface area contributed by atoms with Crippen LogP contribution in [0.1, 0.15) is 19.3 Å². The van der Waals surface area contributed by atoms with Crippen molar-refractivity contribution in [2.24, 2.45) is 0 Å². The number of nitrogens with zero attached hydrogens (tertiary/aromatic N) is 5. The number of aromatic nitrogens is 5. The smallest absolute Gasteiger partial charge is 0.262 e. The SMILES string of the molecule is c1cc(-c2[nH]ncc2-c2nc(-c3ccc(N4CCCCC4)nc3)no2)cs1. The number of aromatic amines is 1. The quantitative estimate of drug-likeness (QED) is 0.572. The van der Waals surface area contributed by atoms with Gasteiger partial charge in [0.15, 0.2) is 0 Å². The number of hydrogen-bond acceptors (Lipinski definition) is 7. The van der Waals surface area contributed by atoms with Gasteiger partial charge in [0, 0.05) is 35.8 Å². The van der Waals surface area contributed by atoms with E-state index in [1.54, 1.807) is 17.5 Å². The number of H-pyrrole nitrogens is 1. The third kappa shape index (κ3) is 3.12. The molecule has 5 heterocycles. The van der Waals surface area contributed by atoms with Crippen molar-refractivity contribution < 1.29 is 4.52 Å². The molecular weight excluding hydrogens is 360 g/mol. The Kier molecular flexibility index (Phi) is 4.17. The summed E-state index contributed by atoms with van der Waals surface area (Å²) in [6.07, 6.45) is 7.29. The van der Waals surface area contributed by atoms with Crippen LogP contribution < -0.4 is 4.90 Å². The molecule has 4 aromatic rings. The summed E-state index contributed by atoms with van der Waals surface area (Å²) in [6.45, 7) is 2.15. The van der Waals surface area contributed by atoms with Crippen LogP contribution in [0.25, 0.3) is 34.1 Å². The molecule has 1 aliphatic rings. The Bertz CT molecular complexity index is 1010. The van der Waals surface area contributed by atoms with Crippen LogP contribution in [0.5, 0.6) is 0 Å². The molecule has 0 unspecified atom stereocenters. The normalized spacial score (nSPS) is 14.6. The Morgan fingerprint density at radius 2 is 1.96 bits per heavy atom. The molecule has 1 saturated heterocycles. The lowest BCUT2D eigenvalue weighted by Crippen LogP contribution is -2.29. The van der Waals surface area contributed by atoms with Crippen molar-refractivity contribution in [1.29, 1.82) is 0 Å². The summed E-state index contributed by atoms with van der Waals surface area (Å²) in [4.78, 5) is 11.5. The molecule has 0 bridgehead atoms. The Balaban J connectivity index is 1.40. The molecule has 0 radical (unpaired) electrons. The van der Waals surface area contributed by atoms with Gasteiger partial charge in [0.1, 0.15) is 5.82 Å². The summed E-state index contributed by atoms with van der Waals surface area (Å²) in [5, 5.41) is 15.3. The highest BCUT2D eigenvalue weighted by Crippen LogP contribution is 2.31. The Hall–Kier alpha value is -3.00. The van der Waals surface area contributed by atoms with Crippen molar-refractivity contribution in [1.82, 2.24) is 25.3 Å². The highest BCUT2D eigenvalue weighted by molar-refractivity contribution is 7.08. The van der Waals surface area contributed by atoms with Crippen molar-refractivity contribution in [3.63, 3.8) is 0 Å². The highest BCUT2D eigenvalue weighted by Gasteiger charge is 2.18. The average Bonchev–Trinajstić information content (AvgIpc) is 3.49. The first-order valence-electron chi connectivity index (χ1n) is 9.00. The maximum Gasteiger partial charge on any atom is 0.262 e. The van der Waals surface area contributed by atoms with E-state index in [4.69, 9.17) is 4.52 Å². The Morgan fingerprint density at radius 1 is 1.04 bits per heavy atom. The summed E-state index contributed by atoms with van der Waals surface area (Å²) < 4.78 is 5.49. The first kappa shape index (κ1) is 16.2. The third-order valence-electron chi connectivity index (χ3n) is 4.79. The van der Waals surface area contributed by atoms with Crippen LogP contribution in [0.4, 0.5) is 5.82 Å². The second-order valence-corrected chi connectivity index (χ2v) is 7.33. The molecule has 0 aliphatic carbocycles. The number of piperidine rings is 1. The summed E-state index contributed by atoms with van der Waals surface area (Å²) >= 11 is 1.63. The molecule has 0 spiro atoms. The van der Waals surface area contributed by atoms with Gasteiger partial charge in [-0.2, -0.15) is 21.4 Å². The molecule has 1 N–H and O–H groups in total. The minimum Gasteiger partial charge on any atom is -0.357 e. The van der Waals surface area contributed by atoms with Crippen molar-refractivity contribution in [3.05, 3.63) is 41.4 Å². The molecule has 1 aliphatic heterocycles. The van der Waals surface area contributed by atoms with Gasteiger partial charge in [0.05, 0.1) is 17.5 Å². The maximum absolute atomic E-state index is 5.49. The summed E-state index contributed by atoms with van der Waals surface area (Å²) in [7, 11) is 0. The maximum atomic E-state index is 5.49. The van der Waals surface area contributed by atoms with Gasteiger partial charge in [-0.3, -0.25) is 5.10 Å². The average molecular weight is 378 g/mol. The van der Waals surface area contributed by atoms with E-state index in [2.05, 4.69) is 35.6 Å². The molecule has 0 amide bonds. The van der Waals surface area contributed by atoms with Crippen molar-refractivity contribution in [3.8, 4) is 34.1 Å². The molecule has 5 rings (SSSR count). The van der Waals surface area contributed by atoms with Crippen LogP contribution in [0.15, 0.2) is 45.9 Å². The van der Waals surface area contributed by atoms with Gasteiger partial charge in [-0.25, -0.2) is 4.98 Å². The van der Waals surface area contributed by atoms with Crippen molar-refractivity contribution in [2.75, 3.05) is 18.0 Å². The van der Waals surface area contributed by atoms with E-state index in [1.165, 1.54) is 19.3 Å². The molecular formula is C19H18N6OS. The minimum atomic E-state index is 0.444. The predicted molar refractivity (Wildman–Crippen MR) is 104 cm³/mol. The Morgan fingerprint density at radius 3 is 2.74 bits per heavy atom. The molecule has 0 saturated carbocycles. The predicted octanol–water partition coefficient (Wildman–Crippen LogP) is 4.24. The highest BCUT2D eigenvalue weighted by atomic mass is 32.1. The fraction of sp³-hybridized carbons (Fsp3) is 0.263. The van der Waals surface area contributed by atoms with Gasteiger partial charge in [-0.05, 0) is 42.8 Å². The fourth-order valence-corrected chi connectivity index (χ4v) is 4.00. The topological polar surface area (TPSA) is 83.7 Å². The van der Waals surface area contributed by atoms with Crippen LogP contribution in [-0.2, 0) is 0 Å². The standard InChI is InChI=1S/C19H18N6OS/c1-2-7-25(8-3-1)16-5-4-13(10-20-16)18-22-19(26-24-18)15-11-21-23-17(15)14-6-9-27-12-14/h4-6,9-12H,1-3,7-8H2,(H,21,23). The van der Waals surface area contributed by atoms with Crippen LogP contribution in [0, 0.1) is 0 Å². The van der Waals surface area contributed by atoms with Gasteiger partial charge in [-0.1, -0.05) is 5.16 Å². The lowest BCUT2D eigenvalue weighted by molar-refractivity contribution is 0.432. The van der Waals surface area contributed by atoms with Crippen molar-refractivity contribution >= 4 is 17.2 Å². The lowest BCUT2D eigenvalue weighted by Gasteiger charge is -2.27. The number of pyridine rings is 1. The lowest BCUT2D eigenvalue weighted by atomic mass is 10.1. The van der Waals surface area contributed by atoms with E-state index < -0.39 is 0 Å². The zero-order chi connectivity index (χ0) is 18.1. The first-order chi connectivity index (χ1) is 13.4. The number of nitrogens with one attached hydrogen (secondary N) is 1. The molecule has 0 aromatic carbocycles. The largest absolute Gasteiger partial charge is 0.357 e. The second-order valence-electron chi connectivity index (χ2n) is 6.55.